The third kappa shape index (κ3) is 11.7. The van der Waals surface area contributed by atoms with Gasteiger partial charge in [0.25, 0.3) is 0 Å². The van der Waals surface area contributed by atoms with E-state index in [1.54, 1.807) is 0 Å². The molecule has 8 nitrogen and oxygen atoms in total. The fraction of sp³-hybridized carbons (Fsp3) is 0.0172. The van der Waals surface area contributed by atoms with Crippen LogP contribution >= 0.6 is 22.7 Å². The molecule has 0 amide bonds. The Morgan fingerprint density at radius 1 is 0.175 bits per heavy atom. The second kappa shape index (κ2) is 29.4. The first-order chi connectivity index (χ1) is 62.4. The molecule has 26 rings (SSSR count). The first-order valence-electron chi connectivity index (χ1n) is 42.5. The SMILES string of the molecule is c1ccc(-c2nc(-c3cccc(-c4ccc(C5(c6ccc7sc8ccccc8c7c6)c6ccccc6-c6ccccc65)cc4)c3)nc(-c3cccc4c3oc3ccccc34)n2)cc1.c1ccc(-c2nc(-c3ccccc3)nc(-c3ccc4oc5ccc(-c6ccc(C7(c8ccc9sc%10ccccc%10c9c8)c8ccccc8-c8ccccc87)cc6)cc5c4c3)n2)cc1. The van der Waals surface area contributed by atoms with E-state index in [1.165, 1.54) is 107 Å². The van der Waals surface area contributed by atoms with Crippen LogP contribution in [0.3, 0.4) is 0 Å². The Balaban J connectivity index is 0.000000137. The molecule has 126 heavy (non-hydrogen) atoms. The molecule has 0 fully saturated rings. The number of hydrogen-bond donors (Lipinski definition) is 0. The molecule has 588 valence electrons. The van der Waals surface area contributed by atoms with Gasteiger partial charge in [-0.25, -0.2) is 29.9 Å². The molecule has 2 aliphatic rings. The lowest BCUT2D eigenvalue weighted by Gasteiger charge is -2.34. The molecule has 0 aliphatic heterocycles. The van der Waals surface area contributed by atoms with Crippen LogP contribution < -0.4 is 0 Å². The van der Waals surface area contributed by atoms with Crippen LogP contribution in [0.15, 0.2) is 433 Å². The fourth-order valence-corrected chi connectivity index (χ4v) is 22.1. The van der Waals surface area contributed by atoms with Gasteiger partial charge in [-0.15, -0.1) is 22.7 Å². The van der Waals surface area contributed by atoms with Crippen molar-refractivity contribution >= 4 is 107 Å². The molecule has 6 heterocycles. The largest absolute Gasteiger partial charge is 0.456 e. The summed E-state index contributed by atoms with van der Waals surface area (Å²) in [6.07, 6.45) is 0. The van der Waals surface area contributed by atoms with Crippen LogP contribution in [-0.2, 0) is 10.8 Å². The van der Waals surface area contributed by atoms with Gasteiger partial charge in [-0.3, -0.25) is 0 Å². The number of para-hydroxylation sites is 2. The molecule has 6 aromatic heterocycles. The molecular formula is C116H70N6O2S2. The first-order valence-corrected chi connectivity index (χ1v) is 44.1. The van der Waals surface area contributed by atoms with E-state index >= 15 is 0 Å². The van der Waals surface area contributed by atoms with Crippen molar-refractivity contribution < 1.29 is 8.83 Å². The zero-order valence-electron chi connectivity index (χ0n) is 67.7. The van der Waals surface area contributed by atoms with Crippen molar-refractivity contribution in [1.29, 1.82) is 0 Å². The lowest BCUT2D eigenvalue weighted by Crippen LogP contribution is -2.28. The molecule has 0 saturated carbocycles. The minimum Gasteiger partial charge on any atom is -0.456 e. The van der Waals surface area contributed by atoms with Crippen molar-refractivity contribution in [3.05, 3.63) is 469 Å². The topological polar surface area (TPSA) is 104 Å². The molecule has 18 aromatic carbocycles. The van der Waals surface area contributed by atoms with Crippen molar-refractivity contribution in [2.45, 2.75) is 10.8 Å². The lowest BCUT2D eigenvalue weighted by atomic mass is 9.67. The van der Waals surface area contributed by atoms with Gasteiger partial charge >= 0.3 is 0 Å². The molecule has 0 bridgehead atoms. The number of benzene rings is 18. The van der Waals surface area contributed by atoms with E-state index in [0.717, 1.165) is 99.5 Å². The molecular weight excluding hydrogens is 1570 g/mol. The van der Waals surface area contributed by atoms with Crippen LogP contribution in [0.25, 0.3) is 197 Å². The van der Waals surface area contributed by atoms with Gasteiger partial charge in [-0.1, -0.05) is 340 Å². The standard InChI is InChI=1S/2C58H35N3OS/c1-3-13-37(14-4-1)55-59-56(38-15-5-2-6-16-38)61-57(60-55)40-26-31-52-47(34-40)46-33-39(25-30-51(46)62-52)36-23-27-41(28-24-36)58(49-20-10-7-17-43(49)44-18-8-11-21-50(44)58)42-29-32-54-48(35-42)45-19-9-12-22-53(45)63-54;1-2-14-37(15-3-1)55-59-56(61-57(60-55)47-23-13-22-46-44-20-6-10-26-51(44)62-54(46)47)39-17-12-16-38(34-39)36-28-30-40(31-29-36)58(49-24-8-4-18-42(49)43-19-5-9-25-50(43)58)41-32-33-53-48(35-41)45-21-7-11-27-52(45)63-53/h2*1-35H. The van der Waals surface area contributed by atoms with Gasteiger partial charge < -0.3 is 8.83 Å². The summed E-state index contributed by atoms with van der Waals surface area (Å²) in [5, 5.41) is 9.36. The molecule has 0 unspecified atom stereocenters. The van der Waals surface area contributed by atoms with Crippen LogP contribution in [0.5, 0.6) is 0 Å². The number of hydrogen-bond acceptors (Lipinski definition) is 10. The maximum atomic E-state index is 6.46. The summed E-state index contributed by atoms with van der Waals surface area (Å²) >= 11 is 3.72. The third-order valence-electron chi connectivity index (χ3n) is 25.7. The number of nitrogens with zero attached hydrogens (tertiary/aromatic N) is 6. The number of thiophene rings is 2. The summed E-state index contributed by atoms with van der Waals surface area (Å²) < 4.78 is 18.1. The van der Waals surface area contributed by atoms with Crippen molar-refractivity contribution in [1.82, 2.24) is 29.9 Å². The maximum Gasteiger partial charge on any atom is 0.167 e. The Hall–Kier alpha value is -16.0. The summed E-state index contributed by atoms with van der Waals surface area (Å²) in [6.45, 7) is 0. The highest BCUT2D eigenvalue weighted by molar-refractivity contribution is 7.26. The van der Waals surface area contributed by atoms with Gasteiger partial charge in [0.2, 0.25) is 0 Å². The van der Waals surface area contributed by atoms with E-state index in [9.17, 15) is 0 Å². The molecule has 0 spiro atoms. The van der Waals surface area contributed by atoms with Crippen LogP contribution in [0.1, 0.15) is 44.5 Å². The normalized spacial score (nSPS) is 12.9. The monoisotopic (exact) mass is 1640 g/mol. The van der Waals surface area contributed by atoms with Crippen LogP contribution in [-0.4, -0.2) is 29.9 Å². The van der Waals surface area contributed by atoms with Crippen LogP contribution in [0.4, 0.5) is 0 Å². The van der Waals surface area contributed by atoms with Crippen molar-refractivity contribution in [2.75, 3.05) is 0 Å². The molecule has 24 aromatic rings. The Bertz CT molecular complexity index is 8340. The van der Waals surface area contributed by atoms with Gasteiger partial charge in [0.1, 0.15) is 22.3 Å². The number of fused-ring (bicyclic) bond motifs is 18. The molecule has 0 radical (unpaired) electrons. The van der Waals surface area contributed by atoms with E-state index < -0.39 is 10.8 Å². The highest BCUT2D eigenvalue weighted by Crippen LogP contribution is 2.59. The van der Waals surface area contributed by atoms with Gasteiger partial charge in [-0.05, 0) is 174 Å². The summed E-state index contributed by atoms with van der Waals surface area (Å²) in [4.78, 5) is 30.2. The van der Waals surface area contributed by atoms with Gasteiger partial charge in [0.15, 0.2) is 34.9 Å². The predicted molar refractivity (Wildman–Crippen MR) is 518 cm³/mol. The zero-order valence-corrected chi connectivity index (χ0v) is 69.4. The number of furan rings is 2. The Morgan fingerprint density at radius 3 is 0.976 bits per heavy atom. The molecule has 0 N–H and O–H groups in total. The first kappa shape index (κ1) is 72.8. The van der Waals surface area contributed by atoms with Crippen LogP contribution in [0, 0.1) is 0 Å². The quantitative estimate of drug-likeness (QED) is 0.119. The second-order valence-electron chi connectivity index (χ2n) is 32.6. The zero-order chi connectivity index (χ0) is 83.0. The van der Waals surface area contributed by atoms with E-state index in [2.05, 4.69) is 291 Å². The minimum atomic E-state index is -0.511. The lowest BCUT2D eigenvalue weighted by molar-refractivity contribution is 0.669. The van der Waals surface area contributed by atoms with Gasteiger partial charge in [0.05, 0.1) is 16.4 Å². The molecule has 10 heteroatoms. The Morgan fingerprint density at radius 2 is 0.492 bits per heavy atom. The van der Waals surface area contributed by atoms with Crippen LogP contribution in [0.2, 0.25) is 0 Å². The van der Waals surface area contributed by atoms with E-state index in [0.29, 0.717) is 34.9 Å². The number of rotatable bonds is 12. The van der Waals surface area contributed by atoms with Gasteiger partial charge in [-0.2, -0.15) is 0 Å². The Kier molecular flexibility index (Phi) is 17.0. The van der Waals surface area contributed by atoms with Crippen molar-refractivity contribution in [3.63, 3.8) is 0 Å². The average Bonchev–Trinajstić information content (AvgIpc) is 1.58. The summed E-state index contributed by atoms with van der Waals surface area (Å²) in [5.41, 5.74) is 27.5. The Labute approximate surface area is 733 Å². The van der Waals surface area contributed by atoms with E-state index in [-0.39, 0.29) is 0 Å². The third-order valence-corrected chi connectivity index (χ3v) is 28.0. The van der Waals surface area contributed by atoms with Crippen molar-refractivity contribution in [2.24, 2.45) is 0 Å². The fourth-order valence-electron chi connectivity index (χ4n) is 19.9. The average molecular weight is 1640 g/mol. The molecule has 0 atom stereocenters. The van der Waals surface area contributed by atoms with Gasteiger partial charge in [0, 0.05) is 89.7 Å². The predicted octanol–water partition coefficient (Wildman–Crippen LogP) is 30.3. The highest BCUT2D eigenvalue weighted by atomic mass is 32.1. The summed E-state index contributed by atoms with van der Waals surface area (Å²) in [7, 11) is 0. The van der Waals surface area contributed by atoms with E-state index in [4.69, 9.17) is 38.7 Å². The van der Waals surface area contributed by atoms with Crippen molar-refractivity contribution in [3.8, 4) is 113 Å². The van der Waals surface area contributed by atoms with E-state index in [1.807, 2.05) is 156 Å². The second-order valence-corrected chi connectivity index (χ2v) is 34.7. The molecule has 2 aliphatic carbocycles. The summed E-state index contributed by atoms with van der Waals surface area (Å²) in [5.74, 6) is 3.65. The highest BCUT2D eigenvalue weighted by Gasteiger charge is 2.48. The minimum absolute atomic E-state index is 0.500. The molecule has 0 saturated heterocycles. The smallest absolute Gasteiger partial charge is 0.167 e. The summed E-state index contributed by atoms with van der Waals surface area (Å²) in [6, 6.07) is 152. The number of aromatic nitrogens is 6. The maximum absolute atomic E-state index is 6.46.